The van der Waals surface area contributed by atoms with Crippen LogP contribution in [0.25, 0.3) is 10.9 Å². The Bertz CT molecular complexity index is 1160. The molecule has 2 N–H and O–H groups in total. The highest BCUT2D eigenvalue weighted by Crippen LogP contribution is 2.31. The summed E-state index contributed by atoms with van der Waals surface area (Å²) in [5.41, 5.74) is 2.65. The van der Waals surface area contributed by atoms with E-state index in [1.807, 2.05) is 26.0 Å². The highest BCUT2D eigenvalue weighted by atomic mass is 16.7. The van der Waals surface area contributed by atoms with Gasteiger partial charge in [-0.3, -0.25) is 4.79 Å². The van der Waals surface area contributed by atoms with E-state index in [-0.39, 0.29) is 34.7 Å². The lowest BCUT2D eigenvalue weighted by Gasteiger charge is -2.34. The minimum atomic E-state index is -1.12. The summed E-state index contributed by atoms with van der Waals surface area (Å²) in [6.45, 7) is 3.84. The fourth-order valence-corrected chi connectivity index (χ4v) is 3.86. The highest BCUT2D eigenvalue weighted by Gasteiger charge is 2.28. The van der Waals surface area contributed by atoms with Crippen LogP contribution in [0.3, 0.4) is 0 Å². The number of hydrogen-bond acceptors (Lipinski definition) is 4. The number of aryl methyl sites for hydroxylation is 2. The summed E-state index contributed by atoms with van der Waals surface area (Å²) in [6.07, 6.45) is 3.00. The molecule has 1 heterocycles. The molecule has 156 valence electrons. The second-order valence-corrected chi connectivity index (χ2v) is 7.91. The van der Waals surface area contributed by atoms with E-state index in [1.165, 1.54) is 22.9 Å². The molecule has 7 heteroatoms. The van der Waals surface area contributed by atoms with Gasteiger partial charge in [0.25, 0.3) is 5.91 Å². The number of phenolic OH excluding ortho intramolecular Hbond substituents is 1. The van der Waals surface area contributed by atoms with Crippen molar-refractivity contribution in [1.29, 1.82) is 0 Å². The van der Waals surface area contributed by atoms with Crippen molar-refractivity contribution >= 4 is 22.8 Å². The fourth-order valence-electron chi connectivity index (χ4n) is 3.86. The van der Waals surface area contributed by atoms with Crippen LogP contribution in [0.4, 0.5) is 0 Å². The molecular weight excluding hydrogens is 384 g/mol. The number of aromatic carboxylic acids is 1. The van der Waals surface area contributed by atoms with Gasteiger partial charge in [0.15, 0.2) is 11.4 Å². The van der Waals surface area contributed by atoms with E-state index >= 15 is 0 Å². The zero-order valence-corrected chi connectivity index (χ0v) is 17.2. The summed E-state index contributed by atoms with van der Waals surface area (Å²) in [4.78, 5) is 32.2. The van der Waals surface area contributed by atoms with Crippen LogP contribution in [-0.2, 0) is 0 Å². The standard InChI is InChI=1S/C23H24N2O5/c1-13-9-14(2)17-12-20(23(28)29)25(19(17)10-13)30-16-7-8-21(26)18(11-16)22(27)24(3)15-5-4-6-15/h7-12,15,26H,4-6H2,1-3H3,(H,28,29). The van der Waals surface area contributed by atoms with Crippen LogP contribution in [-0.4, -0.2) is 44.8 Å². The zero-order chi connectivity index (χ0) is 21.6. The number of phenols is 1. The topological polar surface area (TPSA) is 92.0 Å². The van der Waals surface area contributed by atoms with Gasteiger partial charge in [-0.2, -0.15) is 4.73 Å². The SMILES string of the molecule is Cc1cc(C)c2cc(C(=O)O)n(Oc3ccc(O)c(C(=O)N(C)C4CCC4)c3)c2c1. The van der Waals surface area contributed by atoms with Crippen LogP contribution < -0.4 is 4.84 Å². The van der Waals surface area contributed by atoms with Crippen molar-refractivity contribution in [1.82, 2.24) is 9.63 Å². The first-order valence-corrected chi connectivity index (χ1v) is 9.90. The minimum absolute atomic E-state index is 0.0220. The molecule has 0 radical (unpaired) electrons. The van der Waals surface area contributed by atoms with Crippen molar-refractivity contribution < 1.29 is 24.6 Å². The van der Waals surface area contributed by atoms with Gasteiger partial charge < -0.3 is 20.0 Å². The maximum Gasteiger partial charge on any atom is 0.356 e. The van der Waals surface area contributed by atoms with E-state index < -0.39 is 5.97 Å². The van der Waals surface area contributed by atoms with Crippen LogP contribution in [0.5, 0.6) is 11.5 Å². The number of amides is 1. The molecule has 0 unspecified atom stereocenters. The lowest BCUT2D eigenvalue weighted by Crippen LogP contribution is -2.41. The summed E-state index contributed by atoms with van der Waals surface area (Å²) in [5.74, 6) is -1.29. The third kappa shape index (κ3) is 3.36. The van der Waals surface area contributed by atoms with E-state index in [2.05, 4.69) is 0 Å². The number of aromatic nitrogens is 1. The van der Waals surface area contributed by atoms with Crippen LogP contribution in [0.15, 0.2) is 36.4 Å². The third-order valence-electron chi connectivity index (χ3n) is 5.79. The van der Waals surface area contributed by atoms with Crippen LogP contribution in [0, 0.1) is 13.8 Å². The Morgan fingerprint density at radius 3 is 2.50 bits per heavy atom. The Balaban J connectivity index is 1.74. The molecule has 1 aromatic heterocycles. The zero-order valence-electron chi connectivity index (χ0n) is 17.2. The number of benzene rings is 2. The number of fused-ring (bicyclic) bond motifs is 1. The van der Waals surface area contributed by atoms with Crippen molar-refractivity contribution in [3.8, 4) is 11.5 Å². The van der Waals surface area contributed by atoms with Gasteiger partial charge in [0.2, 0.25) is 0 Å². The molecular formula is C23H24N2O5. The van der Waals surface area contributed by atoms with Gasteiger partial charge in [0.1, 0.15) is 5.75 Å². The molecule has 0 saturated heterocycles. The first-order chi connectivity index (χ1) is 14.3. The third-order valence-corrected chi connectivity index (χ3v) is 5.79. The van der Waals surface area contributed by atoms with Gasteiger partial charge in [-0.1, -0.05) is 6.07 Å². The van der Waals surface area contributed by atoms with Crippen LogP contribution >= 0.6 is 0 Å². The number of aromatic hydroxyl groups is 1. The van der Waals surface area contributed by atoms with Crippen LogP contribution in [0.2, 0.25) is 0 Å². The number of rotatable bonds is 5. The predicted octanol–water partition coefficient (Wildman–Crippen LogP) is 4.13. The summed E-state index contributed by atoms with van der Waals surface area (Å²) in [5, 5.41) is 20.7. The summed E-state index contributed by atoms with van der Waals surface area (Å²) in [6, 6.07) is 9.93. The van der Waals surface area contributed by atoms with E-state index in [0.29, 0.717) is 5.52 Å². The average Bonchev–Trinajstić information content (AvgIpc) is 3.00. The van der Waals surface area contributed by atoms with Crippen molar-refractivity contribution in [2.45, 2.75) is 39.2 Å². The molecule has 7 nitrogen and oxygen atoms in total. The number of carbonyl (C=O) groups excluding carboxylic acids is 1. The molecule has 1 amide bonds. The normalized spacial score (nSPS) is 13.8. The van der Waals surface area contributed by atoms with E-state index in [1.54, 1.807) is 18.0 Å². The maximum absolute atomic E-state index is 12.8. The summed E-state index contributed by atoms with van der Waals surface area (Å²) < 4.78 is 1.26. The summed E-state index contributed by atoms with van der Waals surface area (Å²) in [7, 11) is 1.73. The number of hydrogen-bond donors (Lipinski definition) is 2. The molecule has 0 spiro atoms. The average molecular weight is 408 g/mol. The molecule has 3 aromatic rings. The maximum atomic E-state index is 12.8. The molecule has 2 aromatic carbocycles. The van der Waals surface area contributed by atoms with Crippen molar-refractivity contribution in [2.24, 2.45) is 0 Å². The number of carbonyl (C=O) groups is 2. The molecule has 1 saturated carbocycles. The van der Waals surface area contributed by atoms with Gasteiger partial charge in [-0.15, -0.1) is 0 Å². The fraction of sp³-hybridized carbons (Fsp3) is 0.304. The molecule has 0 bridgehead atoms. The Labute approximate surface area is 174 Å². The number of carboxylic acid groups (broad SMARTS) is 1. The summed E-state index contributed by atoms with van der Waals surface area (Å²) >= 11 is 0. The monoisotopic (exact) mass is 408 g/mol. The number of carboxylic acids is 1. The van der Waals surface area contributed by atoms with Gasteiger partial charge in [0.05, 0.1) is 11.1 Å². The quantitative estimate of drug-likeness (QED) is 0.662. The van der Waals surface area contributed by atoms with Gasteiger partial charge in [-0.25, -0.2) is 4.79 Å². The lowest BCUT2D eigenvalue weighted by atomic mass is 9.91. The molecule has 4 rings (SSSR count). The second kappa shape index (κ2) is 7.40. The molecule has 0 atom stereocenters. The number of nitrogens with zero attached hydrogens (tertiary/aromatic N) is 2. The van der Waals surface area contributed by atoms with Gasteiger partial charge in [-0.05, 0) is 74.6 Å². The Morgan fingerprint density at radius 1 is 1.13 bits per heavy atom. The smallest absolute Gasteiger partial charge is 0.356 e. The predicted molar refractivity (Wildman–Crippen MR) is 112 cm³/mol. The van der Waals surface area contributed by atoms with E-state index in [0.717, 1.165) is 35.8 Å². The van der Waals surface area contributed by atoms with Crippen molar-refractivity contribution in [3.63, 3.8) is 0 Å². The molecule has 1 fully saturated rings. The van der Waals surface area contributed by atoms with Gasteiger partial charge >= 0.3 is 5.97 Å². The second-order valence-electron chi connectivity index (χ2n) is 7.91. The molecule has 0 aliphatic heterocycles. The van der Waals surface area contributed by atoms with E-state index in [9.17, 15) is 19.8 Å². The lowest BCUT2D eigenvalue weighted by molar-refractivity contribution is 0.0638. The van der Waals surface area contributed by atoms with Crippen molar-refractivity contribution in [2.75, 3.05) is 7.05 Å². The first-order valence-electron chi connectivity index (χ1n) is 9.90. The molecule has 30 heavy (non-hydrogen) atoms. The minimum Gasteiger partial charge on any atom is -0.507 e. The van der Waals surface area contributed by atoms with Gasteiger partial charge in [0, 0.05) is 18.5 Å². The Kier molecular flexibility index (Phi) is 4.89. The van der Waals surface area contributed by atoms with E-state index in [4.69, 9.17) is 4.84 Å². The largest absolute Gasteiger partial charge is 0.507 e. The highest BCUT2D eigenvalue weighted by molar-refractivity contribution is 5.98. The molecule has 1 aliphatic carbocycles. The Hall–Kier alpha value is -3.48. The van der Waals surface area contributed by atoms with Crippen LogP contribution in [0.1, 0.15) is 51.2 Å². The molecule has 1 aliphatic rings. The Morgan fingerprint density at radius 2 is 1.87 bits per heavy atom. The first kappa shape index (κ1) is 19.8. The van der Waals surface area contributed by atoms with Crippen molar-refractivity contribution in [3.05, 3.63) is 58.8 Å².